The lowest BCUT2D eigenvalue weighted by molar-refractivity contribution is 0.340. The highest BCUT2D eigenvalue weighted by atomic mass is 16.5. The Labute approximate surface area is 99.0 Å². The van der Waals surface area contributed by atoms with Crippen LogP contribution in [0.15, 0.2) is 18.2 Å². The van der Waals surface area contributed by atoms with Crippen LogP contribution in [-0.4, -0.2) is 13.2 Å². The van der Waals surface area contributed by atoms with E-state index in [1.54, 1.807) is 0 Å². The molecule has 0 saturated heterocycles. The summed E-state index contributed by atoms with van der Waals surface area (Å²) in [6, 6.07) is 6.20. The van der Waals surface area contributed by atoms with E-state index in [0.717, 1.165) is 24.8 Å². The van der Waals surface area contributed by atoms with Crippen LogP contribution in [0.3, 0.4) is 0 Å². The molecule has 0 aromatic heterocycles. The number of ether oxygens (including phenoxy) is 1. The molecule has 1 aromatic rings. The van der Waals surface area contributed by atoms with Crippen LogP contribution in [-0.2, 0) is 0 Å². The van der Waals surface area contributed by atoms with E-state index in [1.807, 2.05) is 13.0 Å². The fourth-order valence-electron chi connectivity index (χ4n) is 1.59. The summed E-state index contributed by atoms with van der Waals surface area (Å²) in [6.07, 6.45) is 1.20. The molecule has 0 heterocycles. The normalized spacial score (nSPS) is 10.6. The SMILES string of the molecule is CCOc1ccc(NCCC(C)C)c(C)c1. The van der Waals surface area contributed by atoms with Crippen molar-refractivity contribution in [1.82, 2.24) is 0 Å². The highest BCUT2D eigenvalue weighted by molar-refractivity contribution is 5.53. The summed E-state index contributed by atoms with van der Waals surface area (Å²) in [5, 5.41) is 3.46. The van der Waals surface area contributed by atoms with E-state index < -0.39 is 0 Å². The van der Waals surface area contributed by atoms with Crippen molar-refractivity contribution in [1.29, 1.82) is 0 Å². The van der Waals surface area contributed by atoms with Gasteiger partial charge in [0.1, 0.15) is 5.75 Å². The average molecular weight is 221 g/mol. The maximum absolute atomic E-state index is 5.46. The third kappa shape index (κ3) is 4.13. The zero-order valence-electron chi connectivity index (χ0n) is 10.8. The van der Waals surface area contributed by atoms with E-state index in [4.69, 9.17) is 4.74 Å². The molecule has 0 aliphatic heterocycles. The van der Waals surface area contributed by atoms with E-state index in [2.05, 4.69) is 38.2 Å². The fourth-order valence-corrected chi connectivity index (χ4v) is 1.59. The van der Waals surface area contributed by atoms with Gasteiger partial charge in [-0.05, 0) is 49.9 Å². The highest BCUT2D eigenvalue weighted by Gasteiger charge is 2.00. The molecule has 1 rings (SSSR count). The molecule has 0 fully saturated rings. The second-order valence-electron chi connectivity index (χ2n) is 4.52. The first-order valence-corrected chi connectivity index (χ1v) is 6.10. The van der Waals surface area contributed by atoms with Gasteiger partial charge in [0.25, 0.3) is 0 Å². The number of nitrogens with one attached hydrogen (secondary N) is 1. The highest BCUT2D eigenvalue weighted by Crippen LogP contribution is 2.21. The monoisotopic (exact) mass is 221 g/mol. The first-order chi connectivity index (χ1) is 7.63. The third-order valence-corrected chi connectivity index (χ3v) is 2.55. The van der Waals surface area contributed by atoms with Gasteiger partial charge >= 0.3 is 0 Å². The van der Waals surface area contributed by atoms with Gasteiger partial charge in [-0.3, -0.25) is 0 Å². The van der Waals surface area contributed by atoms with Gasteiger partial charge in [-0.1, -0.05) is 13.8 Å². The van der Waals surface area contributed by atoms with Crippen LogP contribution >= 0.6 is 0 Å². The molecule has 16 heavy (non-hydrogen) atoms. The molecule has 2 nitrogen and oxygen atoms in total. The smallest absolute Gasteiger partial charge is 0.119 e. The molecule has 0 amide bonds. The quantitative estimate of drug-likeness (QED) is 0.787. The van der Waals surface area contributed by atoms with Gasteiger partial charge < -0.3 is 10.1 Å². The number of hydrogen-bond donors (Lipinski definition) is 1. The molecular weight excluding hydrogens is 198 g/mol. The molecule has 1 N–H and O–H groups in total. The van der Waals surface area contributed by atoms with E-state index >= 15 is 0 Å². The molecule has 0 aliphatic rings. The van der Waals surface area contributed by atoms with Gasteiger partial charge in [0.15, 0.2) is 0 Å². The summed E-state index contributed by atoms with van der Waals surface area (Å²) in [5.41, 5.74) is 2.46. The van der Waals surface area contributed by atoms with Crippen molar-refractivity contribution in [2.75, 3.05) is 18.5 Å². The van der Waals surface area contributed by atoms with Crippen molar-refractivity contribution >= 4 is 5.69 Å². The fraction of sp³-hybridized carbons (Fsp3) is 0.571. The Morgan fingerprint density at radius 1 is 1.31 bits per heavy atom. The molecular formula is C14H23NO. The summed E-state index contributed by atoms with van der Waals surface area (Å²) in [4.78, 5) is 0. The number of rotatable bonds is 6. The standard InChI is InChI=1S/C14H23NO/c1-5-16-13-6-7-14(12(4)10-13)15-9-8-11(2)3/h6-7,10-11,15H,5,8-9H2,1-4H3. The number of aryl methyl sites for hydroxylation is 1. The third-order valence-electron chi connectivity index (χ3n) is 2.55. The van der Waals surface area contributed by atoms with E-state index in [9.17, 15) is 0 Å². The van der Waals surface area contributed by atoms with Gasteiger partial charge in [-0.2, -0.15) is 0 Å². The minimum absolute atomic E-state index is 0.722. The van der Waals surface area contributed by atoms with Crippen LogP contribution in [0.1, 0.15) is 32.8 Å². The van der Waals surface area contributed by atoms with Crippen molar-refractivity contribution in [2.45, 2.75) is 34.1 Å². The van der Waals surface area contributed by atoms with Crippen LogP contribution in [0, 0.1) is 12.8 Å². The average Bonchev–Trinajstić information content (AvgIpc) is 2.21. The second kappa shape index (κ2) is 6.41. The first-order valence-electron chi connectivity index (χ1n) is 6.10. The topological polar surface area (TPSA) is 21.3 Å². The summed E-state index contributed by atoms with van der Waals surface area (Å²) in [6.45, 7) is 10.4. The molecule has 1 aromatic carbocycles. The predicted molar refractivity (Wildman–Crippen MR) is 70.3 cm³/mol. The molecule has 0 bridgehead atoms. The van der Waals surface area contributed by atoms with Crippen molar-refractivity contribution in [2.24, 2.45) is 5.92 Å². The van der Waals surface area contributed by atoms with Gasteiger partial charge in [0, 0.05) is 12.2 Å². The summed E-state index contributed by atoms with van der Waals surface area (Å²) >= 11 is 0. The lowest BCUT2D eigenvalue weighted by atomic mass is 10.1. The molecule has 90 valence electrons. The Bertz CT molecular complexity index is 321. The Kier molecular flexibility index (Phi) is 5.17. The summed E-state index contributed by atoms with van der Waals surface area (Å²) < 4.78 is 5.46. The van der Waals surface area contributed by atoms with Crippen molar-refractivity contribution in [3.63, 3.8) is 0 Å². The Hall–Kier alpha value is -1.18. The van der Waals surface area contributed by atoms with Gasteiger partial charge in [0.2, 0.25) is 0 Å². The molecule has 0 aliphatic carbocycles. The van der Waals surface area contributed by atoms with Gasteiger partial charge in [-0.25, -0.2) is 0 Å². The second-order valence-corrected chi connectivity index (χ2v) is 4.52. The summed E-state index contributed by atoms with van der Waals surface area (Å²) in [7, 11) is 0. The van der Waals surface area contributed by atoms with Crippen molar-refractivity contribution < 1.29 is 4.74 Å². The number of anilines is 1. The lowest BCUT2D eigenvalue weighted by Gasteiger charge is -2.12. The van der Waals surface area contributed by atoms with E-state index in [0.29, 0.717) is 0 Å². The zero-order chi connectivity index (χ0) is 12.0. The van der Waals surface area contributed by atoms with Crippen molar-refractivity contribution in [3.05, 3.63) is 23.8 Å². The maximum Gasteiger partial charge on any atom is 0.119 e. The molecule has 0 radical (unpaired) electrons. The first kappa shape index (κ1) is 12.9. The van der Waals surface area contributed by atoms with Crippen LogP contribution < -0.4 is 10.1 Å². The van der Waals surface area contributed by atoms with Crippen LogP contribution in [0.2, 0.25) is 0 Å². The Morgan fingerprint density at radius 2 is 2.06 bits per heavy atom. The molecule has 0 unspecified atom stereocenters. The largest absolute Gasteiger partial charge is 0.494 e. The predicted octanol–water partition coefficient (Wildman–Crippen LogP) is 3.85. The maximum atomic E-state index is 5.46. The van der Waals surface area contributed by atoms with Crippen molar-refractivity contribution in [3.8, 4) is 5.75 Å². The van der Waals surface area contributed by atoms with E-state index in [-0.39, 0.29) is 0 Å². The Balaban J connectivity index is 2.54. The molecule has 0 atom stereocenters. The van der Waals surface area contributed by atoms with Gasteiger partial charge in [0.05, 0.1) is 6.61 Å². The lowest BCUT2D eigenvalue weighted by Crippen LogP contribution is -2.06. The number of hydrogen-bond acceptors (Lipinski definition) is 2. The van der Waals surface area contributed by atoms with Gasteiger partial charge in [-0.15, -0.1) is 0 Å². The van der Waals surface area contributed by atoms with E-state index in [1.165, 1.54) is 17.7 Å². The van der Waals surface area contributed by atoms with Crippen LogP contribution in [0.4, 0.5) is 5.69 Å². The van der Waals surface area contributed by atoms with Crippen LogP contribution in [0.5, 0.6) is 5.75 Å². The summed E-state index contributed by atoms with van der Waals surface area (Å²) in [5.74, 6) is 1.70. The number of benzene rings is 1. The minimum Gasteiger partial charge on any atom is -0.494 e. The molecule has 0 saturated carbocycles. The zero-order valence-corrected chi connectivity index (χ0v) is 10.8. The van der Waals surface area contributed by atoms with Crippen LogP contribution in [0.25, 0.3) is 0 Å². The minimum atomic E-state index is 0.722. The molecule has 2 heteroatoms. The Morgan fingerprint density at radius 3 is 2.62 bits per heavy atom. The molecule has 0 spiro atoms.